The van der Waals surface area contributed by atoms with Gasteiger partial charge in [-0.25, -0.2) is 0 Å². The van der Waals surface area contributed by atoms with Crippen LogP contribution in [-0.2, 0) is 4.79 Å². The van der Waals surface area contributed by atoms with Crippen molar-refractivity contribution in [1.82, 2.24) is 10.6 Å². The lowest BCUT2D eigenvalue weighted by Crippen LogP contribution is -2.37. The van der Waals surface area contributed by atoms with Crippen molar-refractivity contribution in [2.45, 2.75) is 32.1 Å². The number of allylic oxidation sites excluding steroid dienone is 1. The second-order valence-electron chi connectivity index (χ2n) is 6.03. The van der Waals surface area contributed by atoms with Gasteiger partial charge in [-0.05, 0) is 44.2 Å². The minimum Gasteiger partial charge on any atom is -0.490 e. The van der Waals surface area contributed by atoms with Crippen LogP contribution < -0.4 is 15.4 Å². The van der Waals surface area contributed by atoms with Gasteiger partial charge in [0.15, 0.2) is 5.75 Å². The number of nitro groups is 1. The molecule has 0 saturated heterocycles. The first-order valence-corrected chi connectivity index (χ1v) is 8.56. The van der Waals surface area contributed by atoms with Crippen molar-refractivity contribution >= 4 is 17.5 Å². The first-order chi connectivity index (χ1) is 12.5. The van der Waals surface area contributed by atoms with Crippen LogP contribution in [0.15, 0.2) is 29.8 Å². The van der Waals surface area contributed by atoms with Gasteiger partial charge in [-0.2, -0.15) is 0 Å². The van der Waals surface area contributed by atoms with Gasteiger partial charge in [-0.15, -0.1) is 0 Å². The lowest BCUT2D eigenvalue weighted by Gasteiger charge is -2.13. The van der Waals surface area contributed by atoms with E-state index < -0.39 is 10.8 Å². The number of nitro benzene ring substituents is 1. The molecule has 0 unspecified atom stereocenters. The fourth-order valence-electron chi connectivity index (χ4n) is 2.79. The summed E-state index contributed by atoms with van der Waals surface area (Å²) in [7, 11) is 1.32. The Kier molecular flexibility index (Phi) is 7.13. The van der Waals surface area contributed by atoms with Crippen LogP contribution in [0.5, 0.6) is 5.75 Å². The largest absolute Gasteiger partial charge is 0.490 e. The Labute approximate surface area is 151 Å². The molecule has 0 aliphatic heterocycles. The smallest absolute Gasteiger partial charge is 0.311 e. The highest BCUT2D eigenvalue weighted by atomic mass is 16.6. The summed E-state index contributed by atoms with van der Waals surface area (Å²) in [5.41, 5.74) is 1.16. The molecule has 8 heteroatoms. The molecule has 1 aliphatic rings. The number of hydrogen-bond donors (Lipinski definition) is 2. The second kappa shape index (κ2) is 9.55. The van der Waals surface area contributed by atoms with E-state index in [0.29, 0.717) is 6.54 Å². The molecule has 0 radical (unpaired) electrons. The van der Waals surface area contributed by atoms with Crippen LogP contribution in [0.2, 0.25) is 0 Å². The summed E-state index contributed by atoms with van der Waals surface area (Å²) in [5, 5.41) is 16.2. The molecular weight excluding hydrogens is 338 g/mol. The van der Waals surface area contributed by atoms with Crippen molar-refractivity contribution in [2.24, 2.45) is 0 Å². The fraction of sp³-hybridized carbons (Fsp3) is 0.444. The maximum Gasteiger partial charge on any atom is 0.311 e. The van der Waals surface area contributed by atoms with E-state index in [1.807, 2.05) is 0 Å². The summed E-state index contributed by atoms with van der Waals surface area (Å²) in [6.07, 6.45) is 7.67. The first-order valence-electron chi connectivity index (χ1n) is 8.56. The Morgan fingerprint density at radius 2 is 2.08 bits per heavy atom. The van der Waals surface area contributed by atoms with Crippen LogP contribution in [0.3, 0.4) is 0 Å². The lowest BCUT2D eigenvalue weighted by atomic mass is 9.97. The molecule has 1 aromatic carbocycles. The van der Waals surface area contributed by atoms with Gasteiger partial charge in [0.05, 0.1) is 18.6 Å². The van der Waals surface area contributed by atoms with Crippen LogP contribution >= 0.6 is 0 Å². The van der Waals surface area contributed by atoms with Gasteiger partial charge in [0.25, 0.3) is 5.91 Å². The van der Waals surface area contributed by atoms with Gasteiger partial charge in [-0.3, -0.25) is 19.7 Å². The summed E-state index contributed by atoms with van der Waals surface area (Å²) < 4.78 is 4.89. The van der Waals surface area contributed by atoms with E-state index in [-0.39, 0.29) is 29.5 Å². The number of ether oxygens (including phenoxy) is 1. The van der Waals surface area contributed by atoms with Gasteiger partial charge >= 0.3 is 5.69 Å². The van der Waals surface area contributed by atoms with Gasteiger partial charge in [-0.1, -0.05) is 11.6 Å². The zero-order valence-electron chi connectivity index (χ0n) is 14.7. The predicted octanol–water partition coefficient (Wildman–Crippen LogP) is 2.34. The molecule has 2 N–H and O–H groups in total. The number of carbonyl (C=O) groups excluding carboxylic acids is 2. The topological polar surface area (TPSA) is 111 Å². The van der Waals surface area contributed by atoms with Crippen LogP contribution in [0.1, 0.15) is 42.5 Å². The lowest BCUT2D eigenvalue weighted by molar-refractivity contribution is -0.385. The molecule has 0 fully saturated rings. The normalized spacial score (nSPS) is 13.5. The van der Waals surface area contributed by atoms with E-state index in [2.05, 4.69) is 16.7 Å². The van der Waals surface area contributed by atoms with Gasteiger partial charge in [0.2, 0.25) is 5.91 Å². The zero-order chi connectivity index (χ0) is 18.9. The number of nitrogens with one attached hydrogen (secondary N) is 2. The molecule has 0 aromatic heterocycles. The fourth-order valence-corrected chi connectivity index (χ4v) is 2.79. The van der Waals surface area contributed by atoms with Crippen molar-refractivity contribution in [1.29, 1.82) is 0 Å². The minimum atomic E-state index is -0.623. The van der Waals surface area contributed by atoms with Gasteiger partial charge < -0.3 is 15.4 Å². The molecule has 2 amide bonds. The first kappa shape index (κ1) is 19.4. The standard InChI is InChI=1S/C18H23N3O5/c1-26-16-8-7-14(11-15(16)21(24)25)18(23)20-12-17(22)19-10-9-13-5-3-2-4-6-13/h5,7-8,11H,2-4,6,9-10,12H2,1H3,(H,19,22)(H,20,23). The highest BCUT2D eigenvalue weighted by molar-refractivity contribution is 5.97. The maximum atomic E-state index is 12.1. The Bertz CT molecular complexity index is 715. The van der Waals surface area contributed by atoms with E-state index in [1.165, 1.54) is 37.7 Å². The third-order valence-corrected chi connectivity index (χ3v) is 4.20. The highest BCUT2D eigenvalue weighted by Gasteiger charge is 2.18. The van der Waals surface area contributed by atoms with Crippen molar-refractivity contribution in [3.63, 3.8) is 0 Å². The molecular formula is C18H23N3O5. The summed E-state index contributed by atoms with van der Waals surface area (Å²) in [5.74, 6) is -0.778. The van der Waals surface area contributed by atoms with Gasteiger partial charge in [0, 0.05) is 18.2 Å². The number of hydrogen-bond acceptors (Lipinski definition) is 5. The summed E-state index contributed by atoms with van der Waals surface area (Å²) in [4.78, 5) is 34.3. The molecule has 8 nitrogen and oxygen atoms in total. The number of rotatable bonds is 8. The van der Waals surface area contributed by atoms with Crippen molar-refractivity contribution in [3.8, 4) is 5.75 Å². The number of carbonyl (C=O) groups is 2. The van der Waals surface area contributed by atoms with Crippen LogP contribution in [0, 0.1) is 10.1 Å². The minimum absolute atomic E-state index is 0.0707. The van der Waals surface area contributed by atoms with E-state index in [1.54, 1.807) is 0 Å². The number of methoxy groups -OCH3 is 1. The molecule has 0 heterocycles. The Morgan fingerprint density at radius 1 is 1.27 bits per heavy atom. The predicted molar refractivity (Wildman–Crippen MR) is 96.2 cm³/mol. The summed E-state index contributed by atoms with van der Waals surface area (Å²) in [6.45, 7) is 0.353. The van der Waals surface area contributed by atoms with Crippen LogP contribution in [0.4, 0.5) is 5.69 Å². The number of benzene rings is 1. The van der Waals surface area contributed by atoms with E-state index in [0.717, 1.165) is 25.3 Å². The second-order valence-corrected chi connectivity index (χ2v) is 6.03. The van der Waals surface area contributed by atoms with Crippen molar-refractivity contribution < 1.29 is 19.2 Å². The van der Waals surface area contributed by atoms with Crippen molar-refractivity contribution in [3.05, 3.63) is 45.5 Å². The Balaban J connectivity index is 1.80. The summed E-state index contributed by atoms with van der Waals surface area (Å²) >= 11 is 0. The van der Waals surface area contributed by atoms with Gasteiger partial charge in [0.1, 0.15) is 0 Å². The monoisotopic (exact) mass is 361 g/mol. The SMILES string of the molecule is COc1ccc(C(=O)NCC(=O)NCCC2=CCCCC2)cc1[N+](=O)[O-]. The van der Waals surface area contributed by atoms with Crippen LogP contribution in [0.25, 0.3) is 0 Å². The molecule has 0 saturated carbocycles. The van der Waals surface area contributed by atoms with Crippen LogP contribution in [-0.4, -0.2) is 36.9 Å². The zero-order valence-corrected chi connectivity index (χ0v) is 14.7. The van der Waals surface area contributed by atoms with E-state index in [4.69, 9.17) is 4.74 Å². The molecule has 1 aromatic rings. The quantitative estimate of drug-likeness (QED) is 0.419. The van der Waals surface area contributed by atoms with Crippen molar-refractivity contribution in [2.75, 3.05) is 20.2 Å². The number of amides is 2. The molecule has 140 valence electrons. The van der Waals surface area contributed by atoms with E-state index >= 15 is 0 Å². The summed E-state index contributed by atoms with van der Waals surface area (Å²) in [6, 6.07) is 3.89. The molecule has 0 spiro atoms. The number of nitrogens with zero attached hydrogens (tertiary/aromatic N) is 1. The Morgan fingerprint density at radius 3 is 2.73 bits per heavy atom. The Hall–Kier alpha value is -2.90. The third-order valence-electron chi connectivity index (χ3n) is 4.20. The molecule has 2 rings (SSSR count). The molecule has 1 aliphatic carbocycles. The maximum absolute atomic E-state index is 12.1. The van der Waals surface area contributed by atoms with E-state index in [9.17, 15) is 19.7 Å². The average Bonchev–Trinajstić information content (AvgIpc) is 2.66. The molecule has 0 atom stereocenters. The molecule has 26 heavy (non-hydrogen) atoms. The average molecular weight is 361 g/mol. The highest BCUT2D eigenvalue weighted by Crippen LogP contribution is 2.27. The molecule has 0 bridgehead atoms. The third kappa shape index (κ3) is 5.58.